The van der Waals surface area contributed by atoms with Crippen molar-refractivity contribution < 1.29 is 0 Å². The first kappa shape index (κ1) is 18.0. The summed E-state index contributed by atoms with van der Waals surface area (Å²) >= 11 is 0. The van der Waals surface area contributed by atoms with Gasteiger partial charge in [-0.2, -0.15) is 5.10 Å². The maximum atomic E-state index is 4.72. The lowest BCUT2D eigenvalue weighted by molar-refractivity contribution is 0.728. The molecule has 130 valence electrons. The van der Waals surface area contributed by atoms with Gasteiger partial charge in [0.15, 0.2) is 5.96 Å². The van der Waals surface area contributed by atoms with Crippen molar-refractivity contribution in [3.05, 3.63) is 51.8 Å². The van der Waals surface area contributed by atoms with Crippen molar-refractivity contribution in [1.29, 1.82) is 0 Å². The quantitative estimate of drug-likeness (QED) is 0.656. The summed E-state index contributed by atoms with van der Waals surface area (Å²) in [6, 6.07) is 6.50. The minimum atomic E-state index is 0.673. The van der Waals surface area contributed by atoms with Crippen LogP contribution in [0.4, 0.5) is 0 Å². The fourth-order valence-corrected chi connectivity index (χ4v) is 2.77. The van der Waals surface area contributed by atoms with Crippen molar-refractivity contribution in [3.63, 3.8) is 0 Å². The second-order valence-electron chi connectivity index (χ2n) is 6.25. The summed E-state index contributed by atoms with van der Waals surface area (Å²) in [5.41, 5.74) is 7.31. The molecule has 1 heterocycles. The lowest BCUT2D eigenvalue weighted by Crippen LogP contribution is -2.37. The second kappa shape index (κ2) is 7.99. The minimum Gasteiger partial charge on any atom is -0.357 e. The van der Waals surface area contributed by atoms with Gasteiger partial charge in [-0.15, -0.1) is 0 Å². The highest BCUT2D eigenvalue weighted by Crippen LogP contribution is 2.12. The Bertz CT molecular complexity index is 728. The molecule has 2 aromatic rings. The molecule has 0 unspecified atom stereocenters. The van der Waals surface area contributed by atoms with Gasteiger partial charge in [0.2, 0.25) is 0 Å². The fraction of sp³-hybridized carbons (Fsp3) is 0.474. The molecule has 2 rings (SSSR count). The van der Waals surface area contributed by atoms with Gasteiger partial charge in [0.1, 0.15) is 0 Å². The van der Waals surface area contributed by atoms with Crippen LogP contribution in [0.1, 0.15) is 40.6 Å². The lowest BCUT2D eigenvalue weighted by atomic mass is 10.1. The van der Waals surface area contributed by atoms with Gasteiger partial charge in [-0.25, -0.2) is 4.99 Å². The average molecular weight is 327 g/mol. The number of rotatable bonds is 5. The molecule has 1 aromatic heterocycles. The fourth-order valence-electron chi connectivity index (χ4n) is 2.77. The minimum absolute atomic E-state index is 0.673. The molecule has 24 heavy (non-hydrogen) atoms. The zero-order chi connectivity index (χ0) is 17.7. The van der Waals surface area contributed by atoms with E-state index in [1.54, 1.807) is 0 Å². The first-order valence-corrected chi connectivity index (χ1v) is 8.49. The van der Waals surface area contributed by atoms with Gasteiger partial charge < -0.3 is 10.6 Å². The highest BCUT2D eigenvalue weighted by Gasteiger charge is 2.09. The summed E-state index contributed by atoms with van der Waals surface area (Å²) in [6.07, 6.45) is 0. The molecule has 0 aliphatic heterocycles. The predicted molar refractivity (Wildman–Crippen MR) is 100 cm³/mol. The van der Waals surface area contributed by atoms with Crippen molar-refractivity contribution in [1.82, 2.24) is 20.4 Å². The summed E-state index contributed by atoms with van der Waals surface area (Å²) in [4.78, 5) is 4.72. The van der Waals surface area contributed by atoms with E-state index >= 15 is 0 Å². The van der Waals surface area contributed by atoms with Gasteiger partial charge in [-0.05, 0) is 45.7 Å². The number of nitrogens with one attached hydrogen (secondary N) is 2. The van der Waals surface area contributed by atoms with Crippen LogP contribution < -0.4 is 10.6 Å². The van der Waals surface area contributed by atoms with Crippen LogP contribution in [-0.4, -0.2) is 22.3 Å². The number of benzene rings is 1. The van der Waals surface area contributed by atoms with Crippen LogP contribution in [0.25, 0.3) is 0 Å². The Hall–Kier alpha value is -2.30. The molecule has 0 saturated heterocycles. The molecule has 0 fully saturated rings. The second-order valence-corrected chi connectivity index (χ2v) is 6.25. The summed E-state index contributed by atoms with van der Waals surface area (Å²) in [6.45, 7) is 12.7. The van der Waals surface area contributed by atoms with E-state index in [4.69, 9.17) is 4.99 Å². The van der Waals surface area contributed by atoms with Crippen LogP contribution in [0.5, 0.6) is 0 Å². The van der Waals surface area contributed by atoms with E-state index in [-0.39, 0.29) is 0 Å². The molecule has 0 amide bonds. The summed E-state index contributed by atoms with van der Waals surface area (Å²) < 4.78 is 1.92. The van der Waals surface area contributed by atoms with Crippen molar-refractivity contribution in [3.8, 4) is 0 Å². The lowest BCUT2D eigenvalue weighted by Gasteiger charge is -2.12. The van der Waals surface area contributed by atoms with Crippen LogP contribution in [0.2, 0.25) is 0 Å². The highest BCUT2D eigenvalue weighted by molar-refractivity contribution is 5.79. The number of hydrogen-bond acceptors (Lipinski definition) is 2. The maximum Gasteiger partial charge on any atom is 0.191 e. The van der Waals surface area contributed by atoms with Gasteiger partial charge in [0, 0.05) is 31.4 Å². The van der Waals surface area contributed by atoms with Crippen molar-refractivity contribution >= 4 is 5.96 Å². The smallest absolute Gasteiger partial charge is 0.191 e. The topological polar surface area (TPSA) is 54.2 Å². The SMILES string of the molecule is CCNC(=NCc1ccc(C)cc1C)NCc1c(C)nn(C)c1C. The molecular formula is C19H29N5. The van der Waals surface area contributed by atoms with Crippen LogP contribution in [0.3, 0.4) is 0 Å². The predicted octanol–water partition coefficient (Wildman–Crippen LogP) is 2.91. The third-order valence-corrected chi connectivity index (χ3v) is 4.34. The molecule has 0 aliphatic carbocycles. The number of aryl methyl sites for hydroxylation is 4. The van der Waals surface area contributed by atoms with Crippen molar-refractivity contribution in [2.75, 3.05) is 6.54 Å². The number of aliphatic imine (C=N–C) groups is 1. The molecule has 0 bridgehead atoms. The van der Waals surface area contributed by atoms with Crippen molar-refractivity contribution in [2.45, 2.75) is 47.7 Å². The van der Waals surface area contributed by atoms with E-state index in [2.05, 4.69) is 61.6 Å². The zero-order valence-corrected chi connectivity index (χ0v) is 15.7. The van der Waals surface area contributed by atoms with E-state index in [0.29, 0.717) is 6.54 Å². The van der Waals surface area contributed by atoms with E-state index in [0.717, 1.165) is 24.7 Å². The normalized spacial score (nSPS) is 11.7. The molecule has 0 radical (unpaired) electrons. The van der Waals surface area contributed by atoms with Gasteiger partial charge in [0.05, 0.1) is 12.2 Å². The number of nitrogens with zero attached hydrogens (tertiary/aromatic N) is 3. The van der Waals surface area contributed by atoms with Crippen LogP contribution in [-0.2, 0) is 20.1 Å². The van der Waals surface area contributed by atoms with Gasteiger partial charge in [-0.1, -0.05) is 23.8 Å². The molecule has 0 saturated carbocycles. The first-order chi connectivity index (χ1) is 11.4. The third kappa shape index (κ3) is 4.37. The molecule has 5 nitrogen and oxygen atoms in total. The van der Waals surface area contributed by atoms with Crippen LogP contribution in [0.15, 0.2) is 23.2 Å². The molecule has 5 heteroatoms. The highest BCUT2D eigenvalue weighted by atomic mass is 15.3. The summed E-state index contributed by atoms with van der Waals surface area (Å²) in [5, 5.41) is 11.2. The number of hydrogen-bond donors (Lipinski definition) is 2. The van der Waals surface area contributed by atoms with Gasteiger partial charge >= 0.3 is 0 Å². The summed E-state index contributed by atoms with van der Waals surface area (Å²) in [7, 11) is 1.98. The van der Waals surface area contributed by atoms with Gasteiger partial charge in [-0.3, -0.25) is 4.68 Å². The van der Waals surface area contributed by atoms with Crippen LogP contribution in [0, 0.1) is 27.7 Å². The molecular weight excluding hydrogens is 298 g/mol. The number of guanidine groups is 1. The molecule has 0 atom stereocenters. The average Bonchev–Trinajstić information content (AvgIpc) is 2.77. The third-order valence-electron chi connectivity index (χ3n) is 4.34. The van der Waals surface area contributed by atoms with Crippen LogP contribution >= 0.6 is 0 Å². The number of aromatic nitrogens is 2. The molecule has 2 N–H and O–H groups in total. The zero-order valence-electron chi connectivity index (χ0n) is 15.7. The Balaban J connectivity index is 2.08. The largest absolute Gasteiger partial charge is 0.357 e. The Morgan fingerprint density at radius 2 is 1.92 bits per heavy atom. The Morgan fingerprint density at radius 1 is 1.17 bits per heavy atom. The first-order valence-electron chi connectivity index (χ1n) is 8.49. The molecule has 0 aliphatic rings. The molecule has 1 aromatic carbocycles. The van der Waals surface area contributed by atoms with Crippen molar-refractivity contribution in [2.24, 2.45) is 12.0 Å². The maximum absolute atomic E-state index is 4.72. The Morgan fingerprint density at radius 3 is 2.50 bits per heavy atom. The standard InChI is InChI=1S/C19H29N5/c1-7-20-19(21-11-17-9-8-13(2)10-14(17)3)22-12-18-15(4)23-24(6)16(18)5/h8-10H,7,11-12H2,1-6H3,(H2,20,21,22). The van der Waals surface area contributed by atoms with E-state index in [1.165, 1.54) is 27.9 Å². The van der Waals surface area contributed by atoms with E-state index in [9.17, 15) is 0 Å². The Kier molecular flexibility index (Phi) is 6.01. The van der Waals surface area contributed by atoms with Gasteiger partial charge in [0.25, 0.3) is 0 Å². The van der Waals surface area contributed by atoms with E-state index < -0.39 is 0 Å². The monoisotopic (exact) mass is 327 g/mol. The van der Waals surface area contributed by atoms with E-state index in [1.807, 2.05) is 18.7 Å². The summed E-state index contributed by atoms with van der Waals surface area (Å²) in [5.74, 6) is 0.833. The Labute approximate surface area is 145 Å². The molecule has 0 spiro atoms.